The van der Waals surface area contributed by atoms with Crippen molar-refractivity contribution in [3.63, 3.8) is 0 Å². The number of cyclic esters (lactones) is 1. The first-order valence-corrected chi connectivity index (χ1v) is 10.8. The van der Waals surface area contributed by atoms with Crippen LogP contribution in [0.3, 0.4) is 0 Å². The molecule has 1 N–H and O–H groups in total. The lowest BCUT2D eigenvalue weighted by Crippen LogP contribution is -2.29. The third kappa shape index (κ3) is 3.45. The van der Waals surface area contributed by atoms with Gasteiger partial charge in [-0.05, 0) is 54.4 Å². The predicted octanol–water partition coefficient (Wildman–Crippen LogP) is 4.41. The van der Waals surface area contributed by atoms with Gasteiger partial charge >= 0.3 is 5.97 Å². The molecule has 0 radical (unpaired) electrons. The SMILES string of the molecule is COc1ccc(C2(O)OC(=O)C(c3ccc4nsnc4c3)=C2Cc2ccc(C)cc2)cc1. The highest BCUT2D eigenvalue weighted by atomic mass is 32.1. The molecule has 1 unspecified atom stereocenters. The van der Waals surface area contributed by atoms with E-state index in [1.807, 2.05) is 49.4 Å². The van der Waals surface area contributed by atoms with Crippen LogP contribution in [0.2, 0.25) is 0 Å². The third-order valence-electron chi connectivity index (χ3n) is 5.68. The van der Waals surface area contributed by atoms with Gasteiger partial charge in [0.2, 0.25) is 0 Å². The average Bonchev–Trinajstić information content (AvgIpc) is 3.37. The first kappa shape index (κ1) is 20.4. The monoisotopic (exact) mass is 444 g/mol. The fraction of sp³-hybridized carbons (Fsp3) is 0.160. The van der Waals surface area contributed by atoms with Gasteiger partial charge in [0, 0.05) is 17.6 Å². The number of fused-ring (bicyclic) bond motifs is 1. The summed E-state index contributed by atoms with van der Waals surface area (Å²) in [5.41, 5.74) is 5.48. The van der Waals surface area contributed by atoms with E-state index in [0.717, 1.165) is 28.4 Å². The maximum absolute atomic E-state index is 13.1. The summed E-state index contributed by atoms with van der Waals surface area (Å²) < 4.78 is 19.4. The lowest BCUT2D eigenvalue weighted by atomic mass is 9.88. The average molecular weight is 445 g/mol. The Hall–Kier alpha value is -3.55. The van der Waals surface area contributed by atoms with Crippen LogP contribution in [0.15, 0.2) is 72.3 Å². The molecule has 1 aliphatic heterocycles. The number of aromatic nitrogens is 2. The quantitative estimate of drug-likeness (QED) is 0.460. The van der Waals surface area contributed by atoms with Gasteiger partial charge in [-0.25, -0.2) is 4.79 Å². The Morgan fingerprint density at radius 1 is 1.00 bits per heavy atom. The van der Waals surface area contributed by atoms with Gasteiger partial charge in [-0.15, -0.1) is 0 Å². The highest BCUT2D eigenvalue weighted by Crippen LogP contribution is 2.45. The lowest BCUT2D eigenvalue weighted by molar-refractivity contribution is -0.185. The Kier molecular flexibility index (Phi) is 5.00. The molecule has 4 aromatic rings. The topological polar surface area (TPSA) is 81.5 Å². The number of rotatable bonds is 5. The van der Waals surface area contributed by atoms with Crippen LogP contribution in [-0.2, 0) is 21.7 Å². The molecular weight excluding hydrogens is 424 g/mol. The molecule has 1 aliphatic rings. The summed E-state index contributed by atoms with van der Waals surface area (Å²) in [5.74, 6) is -1.82. The van der Waals surface area contributed by atoms with Crippen molar-refractivity contribution < 1.29 is 19.4 Å². The Labute approximate surface area is 189 Å². The zero-order valence-corrected chi connectivity index (χ0v) is 18.3. The van der Waals surface area contributed by atoms with Crippen LogP contribution >= 0.6 is 11.7 Å². The number of carbonyl (C=O) groups excluding carboxylic acids is 1. The van der Waals surface area contributed by atoms with Crippen molar-refractivity contribution in [1.82, 2.24) is 8.75 Å². The lowest BCUT2D eigenvalue weighted by Gasteiger charge is -2.26. The summed E-state index contributed by atoms with van der Waals surface area (Å²) in [4.78, 5) is 13.1. The van der Waals surface area contributed by atoms with E-state index < -0.39 is 11.8 Å². The summed E-state index contributed by atoms with van der Waals surface area (Å²) in [7, 11) is 1.57. The molecule has 3 aromatic carbocycles. The number of nitrogens with zero attached hydrogens (tertiary/aromatic N) is 2. The van der Waals surface area contributed by atoms with Crippen LogP contribution in [-0.4, -0.2) is 26.9 Å². The van der Waals surface area contributed by atoms with Crippen LogP contribution in [0.5, 0.6) is 5.75 Å². The molecule has 0 fully saturated rings. The van der Waals surface area contributed by atoms with Gasteiger partial charge in [-0.1, -0.05) is 35.9 Å². The van der Waals surface area contributed by atoms with Crippen molar-refractivity contribution >= 4 is 34.3 Å². The van der Waals surface area contributed by atoms with Gasteiger partial charge in [0.25, 0.3) is 5.79 Å². The van der Waals surface area contributed by atoms with Gasteiger partial charge in [0.1, 0.15) is 16.8 Å². The second-order valence-electron chi connectivity index (χ2n) is 7.75. The number of benzene rings is 3. The van der Waals surface area contributed by atoms with Crippen molar-refractivity contribution in [2.24, 2.45) is 0 Å². The molecule has 32 heavy (non-hydrogen) atoms. The number of methoxy groups -OCH3 is 1. The minimum atomic E-state index is -1.89. The predicted molar refractivity (Wildman–Crippen MR) is 122 cm³/mol. The van der Waals surface area contributed by atoms with Gasteiger partial charge < -0.3 is 14.6 Å². The molecule has 0 saturated heterocycles. The first-order valence-electron chi connectivity index (χ1n) is 10.1. The van der Waals surface area contributed by atoms with Crippen LogP contribution in [0, 0.1) is 6.92 Å². The fourth-order valence-corrected chi connectivity index (χ4v) is 4.45. The standard InChI is InChI=1S/C25H20N2O4S/c1-15-3-5-16(6-4-15)13-20-23(17-7-12-21-22(14-17)27-32-26-21)24(28)31-25(20,29)18-8-10-19(30-2)11-9-18/h3-12,14,29H,13H2,1-2H3. The number of aliphatic hydroxyl groups is 1. The van der Waals surface area contributed by atoms with Crippen LogP contribution in [0.25, 0.3) is 16.6 Å². The summed E-state index contributed by atoms with van der Waals surface area (Å²) in [6.07, 6.45) is 0.344. The van der Waals surface area contributed by atoms with Crippen molar-refractivity contribution in [3.8, 4) is 5.75 Å². The Morgan fingerprint density at radius 3 is 2.44 bits per heavy atom. The smallest absolute Gasteiger partial charge is 0.342 e. The molecule has 5 rings (SSSR count). The summed E-state index contributed by atoms with van der Waals surface area (Å²) >= 11 is 1.12. The molecule has 2 heterocycles. The molecule has 0 saturated carbocycles. The molecule has 0 aliphatic carbocycles. The van der Waals surface area contributed by atoms with Gasteiger partial charge in [-0.2, -0.15) is 8.75 Å². The molecule has 160 valence electrons. The van der Waals surface area contributed by atoms with E-state index in [4.69, 9.17) is 9.47 Å². The van der Waals surface area contributed by atoms with E-state index >= 15 is 0 Å². The van der Waals surface area contributed by atoms with E-state index in [-0.39, 0.29) is 0 Å². The zero-order chi connectivity index (χ0) is 22.3. The van der Waals surface area contributed by atoms with Gasteiger partial charge in [0.05, 0.1) is 24.4 Å². The number of aryl methyl sites for hydroxylation is 1. The molecule has 0 amide bonds. The molecule has 6 nitrogen and oxygen atoms in total. The minimum absolute atomic E-state index is 0.344. The second-order valence-corrected chi connectivity index (χ2v) is 8.27. The highest BCUT2D eigenvalue weighted by Gasteiger charge is 2.48. The van der Waals surface area contributed by atoms with Crippen molar-refractivity contribution in [1.29, 1.82) is 0 Å². The maximum atomic E-state index is 13.1. The van der Waals surface area contributed by atoms with Crippen molar-refractivity contribution in [3.05, 3.63) is 94.6 Å². The van der Waals surface area contributed by atoms with E-state index in [2.05, 4.69) is 8.75 Å². The number of hydrogen-bond acceptors (Lipinski definition) is 7. The summed E-state index contributed by atoms with van der Waals surface area (Å²) in [6, 6.07) is 20.3. The Morgan fingerprint density at radius 2 is 1.72 bits per heavy atom. The van der Waals surface area contributed by atoms with E-state index in [9.17, 15) is 9.90 Å². The number of carbonyl (C=O) groups is 1. The largest absolute Gasteiger partial charge is 0.497 e. The molecule has 0 spiro atoms. The third-order valence-corrected chi connectivity index (χ3v) is 6.24. The van der Waals surface area contributed by atoms with E-state index in [0.29, 0.717) is 40.0 Å². The first-order chi connectivity index (χ1) is 15.5. The van der Waals surface area contributed by atoms with Crippen LogP contribution < -0.4 is 4.74 Å². The van der Waals surface area contributed by atoms with Crippen molar-refractivity contribution in [2.75, 3.05) is 7.11 Å². The van der Waals surface area contributed by atoms with E-state index in [1.54, 1.807) is 31.4 Å². The van der Waals surface area contributed by atoms with Crippen molar-refractivity contribution in [2.45, 2.75) is 19.1 Å². The van der Waals surface area contributed by atoms with Crippen LogP contribution in [0.1, 0.15) is 22.3 Å². The Bertz CT molecular complexity index is 1340. The Balaban J connectivity index is 1.68. The summed E-state index contributed by atoms with van der Waals surface area (Å²) in [5, 5.41) is 11.7. The molecular formula is C25H20N2O4S. The zero-order valence-electron chi connectivity index (χ0n) is 17.5. The normalized spacial score (nSPS) is 18.3. The minimum Gasteiger partial charge on any atom is -0.497 e. The van der Waals surface area contributed by atoms with Gasteiger partial charge in [0.15, 0.2) is 0 Å². The highest BCUT2D eigenvalue weighted by molar-refractivity contribution is 7.00. The molecule has 0 bridgehead atoms. The second kappa shape index (κ2) is 7.85. The summed E-state index contributed by atoms with van der Waals surface area (Å²) in [6.45, 7) is 2.02. The fourth-order valence-electron chi connectivity index (χ4n) is 3.94. The van der Waals surface area contributed by atoms with Crippen LogP contribution in [0.4, 0.5) is 0 Å². The number of hydrogen-bond donors (Lipinski definition) is 1. The number of ether oxygens (including phenoxy) is 2. The maximum Gasteiger partial charge on any atom is 0.342 e. The van der Waals surface area contributed by atoms with Gasteiger partial charge in [-0.3, -0.25) is 0 Å². The molecule has 7 heteroatoms. The van der Waals surface area contributed by atoms with E-state index in [1.165, 1.54) is 0 Å². The molecule has 1 atom stereocenters. The molecule has 1 aromatic heterocycles. The number of esters is 1.